The minimum Gasteiger partial charge on any atom is -0.0804 e. The van der Waals surface area contributed by atoms with E-state index in [1.807, 2.05) is 0 Å². The molecule has 48 heavy (non-hydrogen) atoms. The van der Waals surface area contributed by atoms with Gasteiger partial charge >= 0.3 is 0 Å². The lowest BCUT2D eigenvalue weighted by atomic mass is 9.53. The first-order chi connectivity index (χ1) is 22.8. The highest BCUT2D eigenvalue weighted by atomic mass is 79.9. The Bertz CT molecular complexity index is 1910. The highest BCUT2D eigenvalue weighted by Gasteiger charge is 2.47. The van der Waals surface area contributed by atoms with E-state index in [2.05, 4.69) is 193 Å². The molecule has 0 radical (unpaired) electrons. The Morgan fingerprint density at radius 2 is 1.23 bits per heavy atom. The summed E-state index contributed by atoms with van der Waals surface area (Å²) in [4.78, 5) is 0. The van der Waals surface area contributed by atoms with E-state index in [0.717, 1.165) is 23.7 Å². The van der Waals surface area contributed by atoms with Gasteiger partial charge in [-0.05, 0) is 109 Å². The maximum atomic E-state index is 3.92. The Morgan fingerprint density at radius 1 is 0.667 bits per heavy atom. The van der Waals surface area contributed by atoms with Gasteiger partial charge in [0.25, 0.3) is 0 Å². The van der Waals surface area contributed by atoms with Gasteiger partial charge in [0, 0.05) is 9.89 Å². The van der Waals surface area contributed by atoms with Crippen LogP contribution in [0.15, 0.2) is 126 Å². The molecular formula is C47H51Br. The number of benzene rings is 5. The molecule has 1 heteroatoms. The van der Waals surface area contributed by atoms with Crippen molar-refractivity contribution in [3.05, 3.63) is 148 Å². The van der Waals surface area contributed by atoms with Gasteiger partial charge in [0.05, 0.1) is 0 Å². The van der Waals surface area contributed by atoms with E-state index in [1.165, 1.54) is 61.2 Å². The molecule has 1 unspecified atom stereocenters. The third-order valence-electron chi connectivity index (χ3n) is 10.6. The molecule has 0 heterocycles. The van der Waals surface area contributed by atoms with Gasteiger partial charge in [-0.2, -0.15) is 0 Å². The maximum Gasteiger partial charge on any atom is 0.0260 e. The van der Waals surface area contributed by atoms with E-state index >= 15 is 0 Å². The summed E-state index contributed by atoms with van der Waals surface area (Å²) in [5.74, 6) is 0.514. The Morgan fingerprint density at radius 3 is 1.79 bits per heavy atom. The summed E-state index contributed by atoms with van der Waals surface area (Å²) in [6.07, 6.45) is 5.70. The molecule has 246 valence electrons. The van der Waals surface area contributed by atoms with Crippen LogP contribution >= 0.6 is 15.9 Å². The van der Waals surface area contributed by atoms with Crippen molar-refractivity contribution < 1.29 is 0 Å². The van der Waals surface area contributed by atoms with E-state index in [0.29, 0.717) is 5.92 Å². The zero-order valence-corrected chi connectivity index (χ0v) is 31.7. The third kappa shape index (κ3) is 6.77. The van der Waals surface area contributed by atoms with Gasteiger partial charge < -0.3 is 0 Å². The topological polar surface area (TPSA) is 0 Å². The Kier molecular flexibility index (Phi) is 9.49. The van der Waals surface area contributed by atoms with Crippen molar-refractivity contribution in [1.29, 1.82) is 0 Å². The van der Waals surface area contributed by atoms with Crippen LogP contribution < -0.4 is 0 Å². The molecule has 0 N–H and O–H groups in total. The van der Waals surface area contributed by atoms with Gasteiger partial charge in [0.1, 0.15) is 0 Å². The first kappa shape index (κ1) is 34.2. The lowest BCUT2D eigenvalue weighted by molar-refractivity contribution is 0.112. The molecule has 6 rings (SSSR count). The first-order valence-corrected chi connectivity index (χ1v) is 18.5. The summed E-state index contributed by atoms with van der Waals surface area (Å²) in [6, 6.07) is 42.9. The minimum atomic E-state index is 0.00652. The largest absolute Gasteiger partial charge is 0.0804 e. The SMILES string of the molecule is CC/C=C1/c2cc(C(C)(C)C)ccc2CC(C(C)(C)C)[C@]1(C)Cc1ccc(-c2cc(-c3ccccc3)c(Br)cc2-c2ccccc2)cc1. The fourth-order valence-electron chi connectivity index (χ4n) is 8.17. The normalized spacial score (nSPS) is 18.9. The van der Waals surface area contributed by atoms with Crippen LogP contribution in [0.2, 0.25) is 0 Å². The van der Waals surface area contributed by atoms with Crippen molar-refractivity contribution in [3.8, 4) is 33.4 Å². The van der Waals surface area contributed by atoms with Gasteiger partial charge in [-0.25, -0.2) is 0 Å². The number of hydrogen-bond donors (Lipinski definition) is 0. The Hall–Kier alpha value is -3.68. The second-order valence-corrected chi connectivity index (χ2v) is 17.0. The van der Waals surface area contributed by atoms with Crippen LogP contribution in [0.3, 0.4) is 0 Å². The molecule has 0 saturated carbocycles. The highest BCUT2D eigenvalue weighted by Crippen LogP contribution is 2.56. The summed E-state index contributed by atoms with van der Waals surface area (Å²) in [7, 11) is 0. The molecule has 0 bridgehead atoms. The lowest BCUT2D eigenvalue weighted by Gasteiger charge is -2.51. The first-order valence-electron chi connectivity index (χ1n) is 17.7. The molecule has 5 aromatic rings. The number of halogens is 1. The molecular weight excluding hydrogens is 644 g/mol. The molecule has 0 spiro atoms. The Labute approximate surface area is 298 Å². The van der Waals surface area contributed by atoms with Gasteiger partial charge in [0.15, 0.2) is 0 Å². The fraction of sp³-hybridized carbons (Fsp3) is 0.319. The summed E-state index contributed by atoms with van der Waals surface area (Å²) < 4.78 is 1.11. The molecule has 0 amide bonds. The maximum absolute atomic E-state index is 3.92. The second-order valence-electron chi connectivity index (χ2n) is 16.2. The van der Waals surface area contributed by atoms with E-state index in [4.69, 9.17) is 0 Å². The van der Waals surface area contributed by atoms with Crippen molar-refractivity contribution in [2.75, 3.05) is 0 Å². The lowest BCUT2D eigenvalue weighted by Crippen LogP contribution is -2.43. The number of hydrogen-bond acceptors (Lipinski definition) is 0. The van der Waals surface area contributed by atoms with Crippen LogP contribution in [-0.2, 0) is 18.3 Å². The van der Waals surface area contributed by atoms with Crippen LogP contribution in [0.1, 0.15) is 84.1 Å². The van der Waals surface area contributed by atoms with Crippen molar-refractivity contribution >= 4 is 21.5 Å². The summed E-state index contributed by atoms with van der Waals surface area (Å²) >= 11 is 3.92. The molecule has 0 aromatic heterocycles. The van der Waals surface area contributed by atoms with E-state index < -0.39 is 0 Å². The summed E-state index contributed by atoms with van der Waals surface area (Å²) in [5, 5.41) is 0. The average Bonchev–Trinajstić information content (AvgIpc) is 3.06. The van der Waals surface area contributed by atoms with Gasteiger partial charge in [-0.3, -0.25) is 0 Å². The van der Waals surface area contributed by atoms with E-state index in [1.54, 1.807) is 0 Å². The van der Waals surface area contributed by atoms with Crippen LogP contribution in [-0.4, -0.2) is 0 Å². The van der Waals surface area contributed by atoms with Crippen molar-refractivity contribution in [1.82, 2.24) is 0 Å². The van der Waals surface area contributed by atoms with Gasteiger partial charge in [-0.1, -0.05) is 181 Å². The summed E-state index contributed by atoms with van der Waals surface area (Å²) in [5.41, 5.74) is 15.0. The molecule has 0 aliphatic heterocycles. The van der Waals surface area contributed by atoms with Crippen molar-refractivity contribution in [3.63, 3.8) is 0 Å². The Balaban J connectivity index is 1.43. The van der Waals surface area contributed by atoms with Crippen LogP contribution in [0, 0.1) is 16.7 Å². The van der Waals surface area contributed by atoms with Crippen LogP contribution in [0.25, 0.3) is 39.0 Å². The average molecular weight is 696 g/mol. The number of rotatable bonds is 6. The second kappa shape index (κ2) is 13.3. The highest BCUT2D eigenvalue weighted by molar-refractivity contribution is 9.10. The van der Waals surface area contributed by atoms with Gasteiger partial charge in [-0.15, -0.1) is 0 Å². The number of allylic oxidation sites excluding steroid dienone is 2. The molecule has 5 aromatic carbocycles. The molecule has 2 atom stereocenters. The molecule has 1 aliphatic carbocycles. The predicted octanol–water partition coefficient (Wildman–Crippen LogP) is 14.0. The molecule has 0 fully saturated rings. The van der Waals surface area contributed by atoms with Crippen LogP contribution in [0.5, 0.6) is 0 Å². The van der Waals surface area contributed by atoms with Crippen molar-refractivity contribution in [2.24, 2.45) is 16.7 Å². The summed E-state index contributed by atoms with van der Waals surface area (Å²) in [6.45, 7) is 19.2. The van der Waals surface area contributed by atoms with Crippen molar-refractivity contribution in [2.45, 2.75) is 80.1 Å². The quantitative estimate of drug-likeness (QED) is 0.166. The standard InChI is InChI=1S/C47H51Br/c1-9-16-42-40-28-37(45(2,3)4)26-25-36(40)27-44(46(5,6)7)47(42,8)31-32-21-23-35(24-22-32)38-29-41(34-19-14-11-15-20-34)43(48)30-39(38)33-17-12-10-13-18-33/h10-26,28-30,44H,9,27,31H2,1-8H3/b42-16-/t44?,47-/m1/s1. The zero-order valence-electron chi connectivity index (χ0n) is 30.1. The van der Waals surface area contributed by atoms with Crippen LogP contribution in [0.4, 0.5) is 0 Å². The van der Waals surface area contributed by atoms with E-state index in [9.17, 15) is 0 Å². The predicted molar refractivity (Wildman–Crippen MR) is 212 cm³/mol. The third-order valence-corrected chi connectivity index (χ3v) is 11.3. The number of fused-ring (bicyclic) bond motifs is 1. The monoisotopic (exact) mass is 694 g/mol. The zero-order chi connectivity index (χ0) is 34.3. The fourth-order valence-corrected chi connectivity index (χ4v) is 8.75. The molecule has 0 saturated heterocycles. The smallest absolute Gasteiger partial charge is 0.0260 e. The van der Waals surface area contributed by atoms with Gasteiger partial charge in [0.2, 0.25) is 0 Å². The molecule has 1 aliphatic rings. The van der Waals surface area contributed by atoms with E-state index in [-0.39, 0.29) is 16.2 Å². The molecule has 0 nitrogen and oxygen atoms in total. The minimum absolute atomic E-state index is 0.00652.